The van der Waals surface area contributed by atoms with Crippen LogP contribution >= 0.6 is 0 Å². The van der Waals surface area contributed by atoms with Gasteiger partial charge in [-0.1, -0.05) is 12.1 Å². The molecule has 0 aliphatic rings. The van der Waals surface area contributed by atoms with E-state index in [1.807, 2.05) is 6.92 Å². The third-order valence-electron chi connectivity index (χ3n) is 1.65. The van der Waals surface area contributed by atoms with Gasteiger partial charge in [0.25, 0.3) is 0 Å². The molecule has 1 aromatic carbocycles. The first-order chi connectivity index (χ1) is 6.24. The lowest BCUT2D eigenvalue weighted by atomic mass is 10.1. The van der Waals surface area contributed by atoms with Gasteiger partial charge in [0.05, 0.1) is 0 Å². The molecule has 3 nitrogen and oxygen atoms in total. The summed E-state index contributed by atoms with van der Waals surface area (Å²) in [6.45, 7) is 2.53. The fraction of sp³-hybridized carbons (Fsp3) is 0.300. The molecular weight excluding hydrogens is 166 g/mol. The molecule has 1 aromatic rings. The molecule has 13 heavy (non-hydrogen) atoms. The second-order valence-electron chi connectivity index (χ2n) is 2.69. The zero-order valence-electron chi connectivity index (χ0n) is 7.62. The van der Waals surface area contributed by atoms with Crippen LogP contribution in [0.1, 0.15) is 17.3 Å². The monoisotopic (exact) mass is 179 g/mol. The van der Waals surface area contributed by atoms with Gasteiger partial charge >= 0.3 is 0 Å². The minimum Gasteiger partial charge on any atom is -0.399 e. The molecule has 0 spiro atoms. The molecule has 0 unspecified atom stereocenters. The van der Waals surface area contributed by atoms with Crippen molar-refractivity contribution in [2.24, 2.45) is 0 Å². The topological polar surface area (TPSA) is 52.3 Å². The Hall–Kier alpha value is -1.35. The fourth-order valence-electron chi connectivity index (χ4n) is 0.990. The Kier molecular flexibility index (Phi) is 3.46. The van der Waals surface area contributed by atoms with Crippen molar-refractivity contribution in [1.29, 1.82) is 0 Å². The smallest absolute Gasteiger partial charge is 0.188 e. The first-order valence-electron chi connectivity index (χ1n) is 4.20. The lowest BCUT2D eigenvalue weighted by Gasteiger charge is -2.01. The van der Waals surface area contributed by atoms with Gasteiger partial charge in [-0.05, 0) is 19.1 Å². The van der Waals surface area contributed by atoms with E-state index in [9.17, 15) is 4.79 Å². The molecule has 0 atom stereocenters. The van der Waals surface area contributed by atoms with Gasteiger partial charge in [0.1, 0.15) is 6.61 Å². The number of ether oxygens (including phenoxy) is 1. The van der Waals surface area contributed by atoms with E-state index in [1.54, 1.807) is 24.3 Å². The van der Waals surface area contributed by atoms with Gasteiger partial charge in [-0.15, -0.1) is 0 Å². The summed E-state index contributed by atoms with van der Waals surface area (Å²) in [5.74, 6) is -0.0332. The predicted octanol–water partition coefficient (Wildman–Crippen LogP) is 1.49. The lowest BCUT2D eigenvalue weighted by Crippen LogP contribution is -2.08. The normalized spacial score (nSPS) is 9.92. The highest BCUT2D eigenvalue weighted by atomic mass is 16.5. The van der Waals surface area contributed by atoms with Crippen molar-refractivity contribution in [2.75, 3.05) is 18.9 Å². The minimum absolute atomic E-state index is 0.0332. The third-order valence-corrected chi connectivity index (χ3v) is 1.65. The summed E-state index contributed by atoms with van der Waals surface area (Å²) in [4.78, 5) is 11.4. The summed E-state index contributed by atoms with van der Waals surface area (Å²) in [5.41, 5.74) is 6.74. The largest absolute Gasteiger partial charge is 0.399 e. The Morgan fingerprint density at radius 1 is 1.54 bits per heavy atom. The van der Waals surface area contributed by atoms with Crippen LogP contribution in [-0.2, 0) is 4.74 Å². The van der Waals surface area contributed by atoms with Gasteiger partial charge in [-0.2, -0.15) is 0 Å². The highest BCUT2D eigenvalue weighted by Gasteiger charge is 2.04. The van der Waals surface area contributed by atoms with E-state index in [4.69, 9.17) is 10.5 Å². The van der Waals surface area contributed by atoms with Crippen LogP contribution in [-0.4, -0.2) is 19.0 Å². The zero-order valence-corrected chi connectivity index (χ0v) is 7.62. The summed E-state index contributed by atoms with van der Waals surface area (Å²) in [6, 6.07) is 6.89. The maximum Gasteiger partial charge on any atom is 0.188 e. The van der Waals surface area contributed by atoms with Crippen LogP contribution in [0.2, 0.25) is 0 Å². The molecule has 0 saturated carbocycles. The van der Waals surface area contributed by atoms with Crippen molar-refractivity contribution < 1.29 is 9.53 Å². The van der Waals surface area contributed by atoms with Crippen molar-refractivity contribution in [3.63, 3.8) is 0 Å². The number of anilines is 1. The van der Waals surface area contributed by atoms with Crippen molar-refractivity contribution in [3.8, 4) is 0 Å². The third kappa shape index (κ3) is 2.87. The molecule has 0 aliphatic heterocycles. The first-order valence-corrected chi connectivity index (χ1v) is 4.20. The van der Waals surface area contributed by atoms with Crippen LogP contribution in [0.25, 0.3) is 0 Å². The quantitative estimate of drug-likeness (QED) is 0.562. The van der Waals surface area contributed by atoms with Gasteiger partial charge < -0.3 is 10.5 Å². The molecular formula is C10H13NO2. The fourth-order valence-corrected chi connectivity index (χ4v) is 0.990. The van der Waals surface area contributed by atoms with Gasteiger partial charge in [0.15, 0.2) is 5.78 Å². The second kappa shape index (κ2) is 4.62. The Morgan fingerprint density at radius 2 is 2.31 bits per heavy atom. The van der Waals surface area contributed by atoms with Crippen LogP contribution in [0, 0.1) is 0 Å². The molecule has 2 N–H and O–H groups in total. The Balaban J connectivity index is 2.66. The average Bonchev–Trinajstić information content (AvgIpc) is 2.14. The molecule has 0 aliphatic carbocycles. The number of nitrogen functional groups attached to an aromatic ring is 1. The molecule has 0 radical (unpaired) electrons. The number of benzene rings is 1. The van der Waals surface area contributed by atoms with E-state index in [-0.39, 0.29) is 12.4 Å². The van der Waals surface area contributed by atoms with E-state index in [0.29, 0.717) is 17.9 Å². The van der Waals surface area contributed by atoms with E-state index in [1.165, 1.54) is 0 Å². The minimum atomic E-state index is -0.0332. The molecule has 0 heterocycles. The number of carbonyl (C=O) groups excluding carboxylic acids is 1. The Bertz CT molecular complexity index is 297. The first kappa shape index (κ1) is 9.74. The summed E-state index contributed by atoms with van der Waals surface area (Å²) >= 11 is 0. The van der Waals surface area contributed by atoms with Gasteiger partial charge in [0, 0.05) is 17.9 Å². The van der Waals surface area contributed by atoms with Crippen LogP contribution in [0.15, 0.2) is 24.3 Å². The number of Topliss-reactive ketones (excluding diaryl/α,β-unsaturated/α-hetero) is 1. The lowest BCUT2D eigenvalue weighted by molar-refractivity contribution is 0.0783. The van der Waals surface area contributed by atoms with Crippen molar-refractivity contribution in [3.05, 3.63) is 29.8 Å². The van der Waals surface area contributed by atoms with E-state index in [2.05, 4.69) is 0 Å². The van der Waals surface area contributed by atoms with Gasteiger partial charge in [-0.3, -0.25) is 4.79 Å². The molecule has 0 aromatic heterocycles. The highest BCUT2D eigenvalue weighted by Crippen LogP contribution is 2.07. The second-order valence-corrected chi connectivity index (χ2v) is 2.69. The molecule has 70 valence electrons. The molecule has 0 amide bonds. The maximum absolute atomic E-state index is 11.4. The molecule has 3 heteroatoms. The number of hydrogen-bond donors (Lipinski definition) is 1. The van der Waals surface area contributed by atoms with Crippen LogP contribution in [0.3, 0.4) is 0 Å². The summed E-state index contributed by atoms with van der Waals surface area (Å²) in [7, 11) is 0. The van der Waals surface area contributed by atoms with Crippen LogP contribution in [0.4, 0.5) is 5.69 Å². The van der Waals surface area contributed by atoms with E-state index >= 15 is 0 Å². The zero-order chi connectivity index (χ0) is 9.68. The van der Waals surface area contributed by atoms with Crippen molar-refractivity contribution in [2.45, 2.75) is 6.92 Å². The van der Waals surface area contributed by atoms with E-state index in [0.717, 1.165) is 0 Å². The number of rotatable bonds is 4. The molecule has 0 fully saturated rings. The van der Waals surface area contributed by atoms with Crippen LogP contribution < -0.4 is 5.73 Å². The molecule has 1 rings (SSSR count). The summed E-state index contributed by atoms with van der Waals surface area (Å²) < 4.78 is 5.00. The number of hydrogen-bond acceptors (Lipinski definition) is 3. The van der Waals surface area contributed by atoms with Crippen molar-refractivity contribution in [1.82, 2.24) is 0 Å². The van der Waals surface area contributed by atoms with Gasteiger partial charge in [-0.25, -0.2) is 0 Å². The van der Waals surface area contributed by atoms with Gasteiger partial charge in [0.2, 0.25) is 0 Å². The molecule has 0 saturated heterocycles. The number of nitrogens with two attached hydrogens (primary N) is 1. The number of carbonyl (C=O) groups is 1. The van der Waals surface area contributed by atoms with Crippen molar-refractivity contribution >= 4 is 11.5 Å². The standard InChI is InChI=1S/C10H13NO2/c1-2-13-7-10(12)8-4-3-5-9(11)6-8/h3-6H,2,7,11H2,1H3. The molecule has 0 bridgehead atoms. The van der Waals surface area contributed by atoms with Crippen LogP contribution in [0.5, 0.6) is 0 Å². The Labute approximate surface area is 77.5 Å². The SMILES string of the molecule is CCOCC(=O)c1cccc(N)c1. The predicted molar refractivity (Wildman–Crippen MR) is 51.7 cm³/mol. The number of ketones is 1. The maximum atomic E-state index is 11.4. The average molecular weight is 179 g/mol. The summed E-state index contributed by atoms with van der Waals surface area (Å²) in [6.07, 6.45) is 0. The highest BCUT2D eigenvalue weighted by molar-refractivity contribution is 5.97. The Morgan fingerprint density at radius 3 is 2.92 bits per heavy atom. The summed E-state index contributed by atoms with van der Waals surface area (Å²) in [5, 5.41) is 0. The van der Waals surface area contributed by atoms with E-state index < -0.39 is 0 Å².